The maximum absolute atomic E-state index is 11.9. The van der Waals surface area contributed by atoms with Crippen molar-refractivity contribution in [1.82, 2.24) is 10.6 Å². The molecule has 2 N–H and O–H groups in total. The molecular formula is C15H19N3O6. The molecule has 0 radical (unpaired) electrons. The van der Waals surface area contributed by atoms with Gasteiger partial charge in [-0.15, -0.1) is 0 Å². The number of benzene rings is 1. The summed E-state index contributed by atoms with van der Waals surface area (Å²) < 4.78 is 4.78. The van der Waals surface area contributed by atoms with Gasteiger partial charge < -0.3 is 10.1 Å². The molecule has 130 valence electrons. The van der Waals surface area contributed by atoms with Gasteiger partial charge in [0, 0.05) is 18.2 Å². The van der Waals surface area contributed by atoms with E-state index < -0.39 is 29.4 Å². The fraction of sp³-hybridized carbons (Fsp3) is 0.400. The Morgan fingerprint density at radius 2 is 1.96 bits per heavy atom. The standard InChI is InChI=1S/C15H19N3O6/c1-9(2)7-16-15(21)17-13(19)8-24-14(20)11-5-4-6-12(10(11)3)18(22)23/h4-6,9H,7-8H2,1-3H3,(H2,16,17,19,21). The molecular weight excluding hydrogens is 318 g/mol. The van der Waals surface area contributed by atoms with Crippen LogP contribution >= 0.6 is 0 Å². The van der Waals surface area contributed by atoms with Gasteiger partial charge in [0.05, 0.1) is 10.5 Å². The van der Waals surface area contributed by atoms with Gasteiger partial charge in [-0.2, -0.15) is 0 Å². The molecule has 0 unspecified atom stereocenters. The van der Waals surface area contributed by atoms with Gasteiger partial charge in [0.2, 0.25) is 0 Å². The highest BCUT2D eigenvalue weighted by Crippen LogP contribution is 2.21. The molecule has 1 aromatic carbocycles. The van der Waals surface area contributed by atoms with Crippen molar-refractivity contribution in [3.63, 3.8) is 0 Å². The van der Waals surface area contributed by atoms with Crippen LogP contribution in [-0.2, 0) is 9.53 Å². The number of carbonyl (C=O) groups is 3. The van der Waals surface area contributed by atoms with Crippen molar-refractivity contribution >= 4 is 23.6 Å². The molecule has 0 spiro atoms. The van der Waals surface area contributed by atoms with Crippen LogP contribution in [0, 0.1) is 23.0 Å². The highest BCUT2D eigenvalue weighted by molar-refractivity contribution is 5.97. The maximum Gasteiger partial charge on any atom is 0.339 e. The molecule has 0 aliphatic rings. The summed E-state index contributed by atoms with van der Waals surface area (Å²) in [6, 6.07) is 3.29. The zero-order valence-electron chi connectivity index (χ0n) is 13.6. The van der Waals surface area contributed by atoms with E-state index in [1.54, 1.807) is 0 Å². The van der Waals surface area contributed by atoms with Crippen LogP contribution in [0.5, 0.6) is 0 Å². The van der Waals surface area contributed by atoms with Crippen LogP contribution in [0.4, 0.5) is 10.5 Å². The molecule has 9 heteroatoms. The van der Waals surface area contributed by atoms with Crippen molar-refractivity contribution in [3.05, 3.63) is 39.4 Å². The molecule has 0 aromatic heterocycles. The summed E-state index contributed by atoms with van der Waals surface area (Å²) in [5, 5.41) is 15.3. The summed E-state index contributed by atoms with van der Waals surface area (Å²) >= 11 is 0. The van der Waals surface area contributed by atoms with Crippen LogP contribution < -0.4 is 10.6 Å². The normalized spacial score (nSPS) is 10.2. The molecule has 0 bridgehead atoms. The van der Waals surface area contributed by atoms with E-state index in [1.165, 1.54) is 25.1 Å². The SMILES string of the molecule is Cc1c(C(=O)OCC(=O)NC(=O)NCC(C)C)cccc1[N+](=O)[O-]. The van der Waals surface area contributed by atoms with Crippen LogP contribution in [0.1, 0.15) is 29.8 Å². The highest BCUT2D eigenvalue weighted by atomic mass is 16.6. The van der Waals surface area contributed by atoms with Crippen molar-refractivity contribution in [2.45, 2.75) is 20.8 Å². The van der Waals surface area contributed by atoms with Crippen molar-refractivity contribution in [2.75, 3.05) is 13.2 Å². The summed E-state index contributed by atoms with van der Waals surface area (Å²) in [7, 11) is 0. The largest absolute Gasteiger partial charge is 0.452 e. The van der Waals surface area contributed by atoms with Crippen molar-refractivity contribution in [2.24, 2.45) is 5.92 Å². The Bertz CT molecular complexity index is 657. The number of nitrogens with one attached hydrogen (secondary N) is 2. The summed E-state index contributed by atoms with van der Waals surface area (Å²) in [5.41, 5.74) is -0.0918. The first-order chi connectivity index (χ1) is 11.2. The lowest BCUT2D eigenvalue weighted by molar-refractivity contribution is -0.385. The number of carbonyl (C=O) groups excluding carboxylic acids is 3. The first kappa shape index (κ1) is 19.1. The van der Waals surface area contributed by atoms with E-state index in [9.17, 15) is 24.5 Å². The molecule has 1 aromatic rings. The number of hydrogen-bond donors (Lipinski definition) is 2. The van der Waals surface area contributed by atoms with Gasteiger partial charge in [-0.25, -0.2) is 9.59 Å². The lowest BCUT2D eigenvalue weighted by Crippen LogP contribution is -2.42. The zero-order chi connectivity index (χ0) is 18.3. The van der Waals surface area contributed by atoms with Crippen molar-refractivity contribution < 1.29 is 24.0 Å². The Morgan fingerprint density at radius 1 is 1.29 bits per heavy atom. The molecule has 9 nitrogen and oxygen atoms in total. The molecule has 0 aliphatic carbocycles. The molecule has 0 fully saturated rings. The first-order valence-corrected chi connectivity index (χ1v) is 7.21. The molecule has 24 heavy (non-hydrogen) atoms. The molecule has 0 atom stereocenters. The van der Waals surface area contributed by atoms with Crippen molar-refractivity contribution in [1.29, 1.82) is 0 Å². The molecule has 1 rings (SSSR count). The van der Waals surface area contributed by atoms with Crippen molar-refractivity contribution in [3.8, 4) is 0 Å². The number of nitrogens with zero attached hydrogens (tertiary/aromatic N) is 1. The second kappa shape index (κ2) is 8.61. The summed E-state index contributed by atoms with van der Waals surface area (Å²) in [6.07, 6.45) is 0. The molecule has 0 heterocycles. The average molecular weight is 337 g/mol. The fourth-order valence-corrected chi connectivity index (χ4v) is 1.75. The van der Waals surface area contributed by atoms with Gasteiger partial charge in [-0.05, 0) is 18.9 Å². The second-order valence-corrected chi connectivity index (χ2v) is 5.43. The number of ether oxygens (including phenoxy) is 1. The minimum absolute atomic E-state index is 0.0127. The lowest BCUT2D eigenvalue weighted by atomic mass is 10.1. The van der Waals surface area contributed by atoms with Crippen LogP contribution in [0.2, 0.25) is 0 Å². The smallest absolute Gasteiger partial charge is 0.339 e. The summed E-state index contributed by atoms with van der Waals surface area (Å²) in [5.74, 6) is -1.46. The average Bonchev–Trinajstić information content (AvgIpc) is 2.50. The number of urea groups is 1. The predicted molar refractivity (Wildman–Crippen MR) is 84.5 cm³/mol. The summed E-state index contributed by atoms with van der Waals surface area (Å²) in [4.78, 5) is 45.1. The molecule has 0 saturated carbocycles. The minimum atomic E-state index is -0.881. The predicted octanol–water partition coefficient (Wildman–Crippen LogP) is 1.54. The quantitative estimate of drug-likeness (QED) is 0.460. The zero-order valence-corrected chi connectivity index (χ0v) is 13.6. The van der Waals surface area contributed by atoms with Crippen LogP contribution in [-0.4, -0.2) is 36.0 Å². The Kier molecular flexibility index (Phi) is 6.84. The van der Waals surface area contributed by atoms with Crippen LogP contribution in [0.15, 0.2) is 18.2 Å². The number of nitro groups is 1. The number of amides is 3. The van der Waals surface area contributed by atoms with E-state index in [-0.39, 0.29) is 22.7 Å². The maximum atomic E-state index is 11.9. The number of rotatable bonds is 6. The second-order valence-electron chi connectivity index (χ2n) is 5.43. The van der Waals surface area contributed by atoms with E-state index in [2.05, 4.69) is 5.32 Å². The van der Waals surface area contributed by atoms with Gasteiger partial charge in [0.1, 0.15) is 0 Å². The lowest BCUT2D eigenvalue weighted by Gasteiger charge is -2.09. The Labute approximate surface area is 138 Å². The van der Waals surface area contributed by atoms with E-state index >= 15 is 0 Å². The van der Waals surface area contributed by atoms with Crippen LogP contribution in [0.25, 0.3) is 0 Å². The first-order valence-electron chi connectivity index (χ1n) is 7.21. The monoisotopic (exact) mass is 337 g/mol. The Morgan fingerprint density at radius 3 is 2.54 bits per heavy atom. The van der Waals surface area contributed by atoms with Gasteiger partial charge in [0.25, 0.3) is 11.6 Å². The highest BCUT2D eigenvalue weighted by Gasteiger charge is 2.20. The Balaban J connectivity index is 2.57. The van der Waals surface area contributed by atoms with Gasteiger partial charge >= 0.3 is 12.0 Å². The van der Waals surface area contributed by atoms with E-state index in [1.807, 2.05) is 19.2 Å². The van der Waals surface area contributed by atoms with E-state index in [0.29, 0.717) is 6.54 Å². The fourth-order valence-electron chi connectivity index (χ4n) is 1.75. The van der Waals surface area contributed by atoms with Gasteiger partial charge in [-0.1, -0.05) is 19.9 Å². The van der Waals surface area contributed by atoms with Gasteiger partial charge in [-0.3, -0.25) is 20.2 Å². The topological polar surface area (TPSA) is 128 Å². The van der Waals surface area contributed by atoms with E-state index in [4.69, 9.17) is 4.74 Å². The molecule has 0 saturated heterocycles. The Hall–Kier alpha value is -2.97. The molecule has 0 aliphatic heterocycles. The van der Waals surface area contributed by atoms with Crippen LogP contribution in [0.3, 0.4) is 0 Å². The van der Waals surface area contributed by atoms with E-state index in [0.717, 1.165) is 0 Å². The summed E-state index contributed by atoms with van der Waals surface area (Å²) in [6.45, 7) is 4.92. The number of nitro benzene ring substituents is 1. The number of hydrogen-bond acceptors (Lipinski definition) is 6. The third-order valence-corrected chi connectivity index (χ3v) is 2.98. The number of imide groups is 1. The minimum Gasteiger partial charge on any atom is -0.452 e. The molecule has 3 amide bonds. The third kappa shape index (κ3) is 5.67. The third-order valence-electron chi connectivity index (χ3n) is 2.98. The van der Waals surface area contributed by atoms with Gasteiger partial charge in [0.15, 0.2) is 6.61 Å². The number of esters is 1.